The van der Waals surface area contributed by atoms with Crippen LogP contribution in [0.25, 0.3) is 10.9 Å². The molecular formula is C21H20N2O3. The molecule has 4 rings (SSSR count). The molecule has 1 aliphatic heterocycles. The highest BCUT2D eigenvalue weighted by Gasteiger charge is 2.31. The minimum absolute atomic E-state index is 0.203. The average molecular weight is 348 g/mol. The molecule has 0 saturated carbocycles. The molecule has 1 aliphatic rings. The lowest BCUT2D eigenvalue weighted by atomic mass is 10.0. The maximum atomic E-state index is 12.9. The van der Waals surface area contributed by atoms with Crippen molar-refractivity contribution in [2.75, 3.05) is 19.7 Å². The molecule has 1 atom stereocenters. The zero-order chi connectivity index (χ0) is 18.1. The minimum atomic E-state index is -0.470. The summed E-state index contributed by atoms with van der Waals surface area (Å²) in [5.74, 6) is -0.934. The standard InChI is InChI=1S/C21H20N2O3/c1-14-19(16-9-5-6-10-17(16)22-14)20(24)21(25)23-11-12-26-18(13-23)15-7-3-2-4-8-15/h2-10,18,22H,11-13H2,1H3/t18-/m1/s1. The van der Waals surface area contributed by atoms with Gasteiger partial charge in [0.1, 0.15) is 6.10 Å². The summed E-state index contributed by atoms with van der Waals surface area (Å²) in [5.41, 5.74) is 3.07. The van der Waals surface area contributed by atoms with Gasteiger partial charge in [-0.25, -0.2) is 0 Å². The van der Waals surface area contributed by atoms with Crippen LogP contribution in [0, 0.1) is 6.92 Å². The first-order chi connectivity index (χ1) is 12.6. The first-order valence-corrected chi connectivity index (χ1v) is 8.72. The lowest BCUT2D eigenvalue weighted by Gasteiger charge is -2.32. The monoisotopic (exact) mass is 348 g/mol. The summed E-state index contributed by atoms with van der Waals surface area (Å²) in [7, 11) is 0. The van der Waals surface area contributed by atoms with E-state index in [1.165, 1.54) is 0 Å². The van der Waals surface area contributed by atoms with Crippen LogP contribution in [0.3, 0.4) is 0 Å². The Hall–Kier alpha value is -2.92. The maximum Gasteiger partial charge on any atom is 0.295 e. The molecule has 1 N–H and O–H groups in total. The van der Waals surface area contributed by atoms with Crippen LogP contribution in [0.15, 0.2) is 54.6 Å². The summed E-state index contributed by atoms with van der Waals surface area (Å²) >= 11 is 0. The number of H-pyrrole nitrogens is 1. The van der Waals surface area contributed by atoms with E-state index in [1.54, 1.807) is 4.90 Å². The number of para-hydroxylation sites is 1. The quantitative estimate of drug-likeness (QED) is 0.584. The molecule has 1 amide bonds. The summed E-state index contributed by atoms with van der Waals surface area (Å²) in [6.45, 7) is 3.06. The van der Waals surface area contributed by atoms with Gasteiger partial charge < -0.3 is 14.6 Å². The van der Waals surface area contributed by atoms with Gasteiger partial charge in [0.2, 0.25) is 0 Å². The van der Waals surface area contributed by atoms with Crippen LogP contribution in [0.2, 0.25) is 0 Å². The molecule has 1 aromatic heterocycles. The Labute approximate surface area is 151 Å². The van der Waals surface area contributed by atoms with Crippen LogP contribution in [-0.4, -0.2) is 41.3 Å². The van der Waals surface area contributed by atoms with Crippen LogP contribution in [0.5, 0.6) is 0 Å². The number of carbonyl (C=O) groups excluding carboxylic acids is 2. The van der Waals surface area contributed by atoms with Crippen molar-refractivity contribution >= 4 is 22.6 Å². The fraction of sp³-hybridized carbons (Fsp3) is 0.238. The largest absolute Gasteiger partial charge is 0.370 e. The number of aromatic amines is 1. The molecule has 3 aromatic rings. The predicted molar refractivity (Wildman–Crippen MR) is 99.1 cm³/mol. The number of amides is 1. The van der Waals surface area contributed by atoms with E-state index in [2.05, 4.69) is 4.98 Å². The molecule has 5 heteroatoms. The number of aromatic nitrogens is 1. The molecule has 1 fully saturated rings. The second-order valence-corrected chi connectivity index (χ2v) is 6.52. The van der Waals surface area contributed by atoms with E-state index >= 15 is 0 Å². The number of benzene rings is 2. The smallest absolute Gasteiger partial charge is 0.295 e. The van der Waals surface area contributed by atoms with Crippen LogP contribution in [-0.2, 0) is 9.53 Å². The molecule has 0 aliphatic carbocycles. The number of Topliss-reactive ketones (excluding diaryl/α,β-unsaturated/α-hetero) is 1. The van der Waals surface area contributed by atoms with Gasteiger partial charge in [0, 0.05) is 23.1 Å². The molecule has 0 radical (unpaired) electrons. The van der Waals surface area contributed by atoms with Gasteiger partial charge in [-0.05, 0) is 18.6 Å². The predicted octanol–water partition coefficient (Wildman–Crippen LogP) is 3.26. The van der Waals surface area contributed by atoms with Crippen molar-refractivity contribution in [1.82, 2.24) is 9.88 Å². The Bertz CT molecular complexity index is 962. The molecule has 0 spiro atoms. The third-order valence-electron chi connectivity index (χ3n) is 4.84. The molecule has 1 saturated heterocycles. The zero-order valence-electron chi connectivity index (χ0n) is 14.6. The summed E-state index contributed by atoms with van der Waals surface area (Å²) < 4.78 is 5.80. The molecule has 2 aromatic carbocycles. The Morgan fingerprint density at radius 3 is 2.62 bits per heavy atom. The number of hydrogen-bond donors (Lipinski definition) is 1. The minimum Gasteiger partial charge on any atom is -0.370 e. The number of rotatable bonds is 3. The first-order valence-electron chi connectivity index (χ1n) is 8.72. The van der Waals surface area contributed by atoms with Gasteiger partial charge in [-0.1, -0.05) is 48.5 Å². The summed E-state index contributed by atoms with van der Waals surface area (Å²) in [6, 6.07) is 17.3. The SMILES string of the molecule is Cc1[nH]c2ccccc2c1C(=O)C(=O)N1CCO[C@@H](c2ccccc2)C1. The number of ether oxygens (including phenoxy) is 1. The Kier molecular flexibility index (Phi) is 4.31. The van der Waals surface area contributed by atoms with E-state index in [-0.39, 0.29) is 6.10 Å². The third kappa shape index (κ3) is 2.91. The third-order valence-corrected chi connectivity index (χ3v) is 4.84. The van der Waals surface area contributed by atoms with Crippen molar-refractivity contribution < 1.29 is 14.3 Å². The fourth-order valence-corrected chi connectivity index (χ4v) is 3.52. The van der Waals surface area contributed by atoms with E-state index in [9.17, 15) is 9.59 Å². The van der Waals surface area contributed by atoms with E-state index < -0.39 is 11.7 Å². The van der Waals surface area contributed by atoms with Gasteiger partial charge in [0.05, 0.1) is 18.7 Å². The van der Waals surface area contributed by atoms with E-state index in [0.29, 0.717) is 25.3 Å². The van der Waals surface area contributed by atoms with Gasteiger partial charge in [0.15, 0.2) is 0 Å². The lowest BCUT2D eigenvalue weighted by molar-refractivity contribution is -0.134. The van der Waals surface area contributed by atoms with Gasteiger partial charge in [-0.3, -0.25) is 9.59 Å². The fourth-order valence-electron chi connectivity index (χ4n) is 3.52. The zero-order valence-corrected chi connectivity index (χ0v) is 14.6. The Balaban J connectivity index is 1.58. The normalized spacial score (nSPS) is 17.4. The molecule has 0 unspecified atom stereocenters. The average Bonchev–Trinajstić information content (AvgIpc) is 3.03. The van der Waals surface area contributed by atoms with Crippen LogP contribution in [0.1, 0.15) is 27.7 Å². The number of hydrogen-bond acceptors (Lipinski definition) is 3. The van der Waals surface area contributed by atoms with Gasteiger partial charge in [-0.15, -0.1) is 0 Å². The highest BCUT2D eigenvalue weighted by molar-refractivity contribution is 6.45. The number of ketones is 1. The van der Waals surface area contributed by atoms with Crippen molar-refractivity contribution in [3.8, 4) is 0 Å². The maximum absolute atomic E-state index is 12.9. The first kappa shape index (κ1) is 16.5. The number of aryl methyl sites for hydroxylation is 1. The summed E-state index contributed by atoms with van der Waals surface area (Å²) in [4.78, 5) is 30.6. The van der Waals surface area contributed by atoms with Crippen molar-refractivity contribution in [2.45, 2.75) is 13.0 Å². The lowest BCUT2D eigenvalue weighted by Crippen LogP contribution is -2.45. The Morgan fingerprint density at radius 2 is 1.81 bits per heavy atom. The van der Waals surface area contributed by atoms with Gasteiger partial charge >= 0.3 is 0 Å². The van der Waals surface area contributed by atoms with Gasteiger partial charge in [0.25, 0.3) is 11.7 Å². The van der Waals surface area contributed by atoms with E-state index in [1.807, 2.05) is 61.5 Å². The number of fused-ring (bicyclic) bond motifs is 1. The second-order valence-electron chi connectivity index (χ2n) is 6.52. The summed E-state index contributed by atoms with van der Waals surface area (Å²) in [6.07, 6.45) is -0.203. The number of carbonyl (C=O) groups is 2. The molecule has 0 bridgehead atoms. The number of morpholine rings is 1. The van der Waals surface area contributed by atoms with Crippen molar-refractivity contribution in [1.29, 1.82) is 0 Å². The summed E-state index contributed by atoms with van der Waals surface area (Å²) in [5, 5.41) is 0.788. The molecule has 2 heterocycles. The number of nitrogens with one attached hydrogen (secondary N) is 1. The van der Waals surface area contributed by atoms with Crippen molar-refractivity contribution in [3.63, 3.8) is 0 Å². The van der Waals surface area contributed by atoms with E-state index in [4.69, 9.17) is 4.74 Å². The second kappa shape index (κ2) is 6.77. The molecule has 132 valence electrons. The van der Waals surface area contributed by atoms with Crippen LogP contribution < -0.4 is 0 Å². The highest BCUT2D eigenvalue weighted by atomic mass is 16.5. The van der Waals surface area contributed by atoms with Crippen molar-refractivity contribution in [3.05, 3.63) is 71.4 Å². The Morgan fingerprint density at radius 1 is 1.08 bits per heavy atom. The van der Waals surface area contributed by atoms with Crippen LogP contribution in [0.4, 0.5) is 0 Å². The molecule has 5 nitrogen and oxygen atoms in total. The number of nitrogens with zero attached hydrogens (tertiary/aromatic N) is 1. The van der Waals surface area contributed by atoms with Crippen molar-refractivity contribution in [2.24, 2.45) is 0 Å². The molecular weight excluding hydrogens is 328 g/mol. The molecule has 26 heavy (non-hydrogen) atoms. The topological polar surface area (TPSA) is 62.4 Å². The van der Waals surface area contributed by atoms with Gasteiger partial charge in [-0.2, -0.15) is 0 Å². The highest BCUT2D eigenvalue weighted by Crippen LogP contribution is 2.25. The van der Waals surface area contributed by atoms with Crippen LogP contribution >= 0.6 is 0 Å². The van der Waals surface area contributed by atoms with E-state index in [0.717, 1.165) is 22.2 Å².